The lowest BCUT2D eigenvalue weighted by Crippen LogP contribution is -1.88. The third-order valence-corrected chi connectivity index (χ3v) is 2.43. The Labute approximate surface area is 96.7 Å². The molecule has 2 rings (SSSR count). The monoisotopic (exact) mass is 235 g/mol. The van der Waals surface area contributed by atoms with Gasteiger partial charge in [-0.05, 0) is 23.8 Å². The lowest BCUT2D eigenvalue weighted by molar-refractivity contribution is 0.112. The largest absolute Gasteiger partial charge is 0.298 e. The van der Waals surface area contributed by atoms with E-state index in [1.807, 2.05) is 0 Å². The molecule has 80 valence electrons. The highest BCUT2D eigenvalue weighted by Crippen LogP contribution is 2.26. The van der Waals surface area contributed by atoms with E-state index < -0.39 is 0 Å². The first-order valence-electron chi connectivity index (χ1n) is 4.57. The third-order valence-electron chi connectivity index (χ3n) is 2.13. The summed E-state index contributed by atoms with van der Waals surface area (Å²) in [7, 11) is 0. The summed E-state index contributed by atoms with van der Waals surface area (Å²) in [5, 5.41) is 0.246. The van der Waals surface area contributed by atoms with Crippen molar-refractivity contribution in [2.45, 2.75) is 0 Å². The molecule has 2 nitrogen and oxygen atoms in total. The van der Waals surface area contributed by atoms with Crippen LogP contribution in [0.1, 0.15) is 10.4 Å². The number of nitrogens with zero attached hydrogens (tertiary/aromatic N) is 1. The first-order chi connectivity index (χ1) is 7.70. The van der Waals surface area contributed by atoms with Crippen molar-refractivity contribution in [3.05, 3.63) is 53.1 Å². The van der Waals surface area contributed by atoms with E-state index in [4.69, 9.17) is 11.6 Å². The summed E-state index contributed by atoms with van der Waals surface area (Å²) in [5.74, 6) is -0.356. The number of hydrogen-bond donors (Lipinski definition) is 0. The van der Waals surface area contributed by atoms with Gasteiger partial charge in [-0.2, -0.15) is 0 Å². The van der Waals surface area contributed by atoms with E-state index in [2.05, 4.69) is 4.98 Å². The number of halogens is 2. The first kappa shape index (κ1) is 10.8. The van der Waals surface area contributed by atoms with Gasteiger partial charge in [0.1, 0.15) is 11.0 Å². The summed E-state index contributed by atoms with van der Waals surface area (Å²) in [4.78, 5) is 14.5. The van der Waals surface area contributed by atoms with Crippen LogP contribution in [0, 0.1) is 5.82 Å². The van der Waals surface area contributed by atoms with E-state index in [1.54, 1.807) is 18.2 Å². The Morgan fingerprint density at radius 1 is 1.31 bits per heavy atom. The second-order valence-electron chi connectivity index (χ2n) is 3.24. The molecule has 0 aliphatic heterocycles. The number of benzene rings is 1. The van der Waals surface area contributed by atoms with Crippen molar-refractivity contribution in [1.29, 1.82) is 0 Å². The summed E-state index contributed by atoms with van der Waals surface area (Å²) in [5.41, 5.74) is 1.55. The molecule has 0 saturated heterocycles. The van der Waals surface area contributed by atoms with Crippen LogP contribution < -0.4 is 0 Å². The zero-order valence-corrected chi connectivity index (χ0v) is 8.91. The molecule has 0 aliphatic carbocycles. The van der Waals surface area contributed by atoms with Gasteiger partial charge in [-0.1, -0.05) is 23.7 Å². The third kappa shape index (κ3) is 2.09. The Bertz CT molecular complexity index is 542. The Kier molecular flexibility index (Phi) is 2.97. The standard InChI is InChI=1S/C12H7ClFNO/c13-12-11(4-8(7-16)6-15-12)9-2-1-3-10(14)5-9/h1-7H. The molecule has 0 radical (unpaired) electrons. The van der Waals surface area contributed by atoms with Gasteiger partial charge >= 0.3 is 0 Å². The summed E-state index contributed by atoms with van der Waals surface area (Å²) in [6, 6.07) is 7.55. The molecule has 0 aliphatic rings. The molecular weight excluding hydrogens is 229 g/mol. The highest BCUT2D eigenvalue weighted by Gasteiger charge is 2.06. The minimum Gasteiger partial charge on any atom is -0.298 e. The maximum Gasteiger partial charge on any atom is 0.151 e. The summed E-state index contributed by atoms with van der Waals surface area (Å²) in [6.45, 7) is 0. The molecule has 0 unspecified atom stereocenters. The number of aldehydes is 1. The quantitative estimate of drug-likeness (QED) is 0.590. The molecule has 0 amide bonds. The van der Waals surface area contributed by atoms with Gasteiger partial charge in [-0.25, -0.2) is 9.37 Å². The van der Waals surface area contributed by atoms with E-state index >= 15 is 0 Å². The average Bonchev–Trinajstić information content (AvgIpc) is 2.30. The van der Waals surface area contributed by atoms with Crippen LogP contribution in [0.2, 0.25) is 5.15 Å². The molecule has 2 aromatic rings. The van der Waals surface area contributed by atoms with Crippen molar-refractivity contribution in [2.75, 3.05) is 0 Å². The van der Waals surface area contributed by atoms with Crippen LogP contribution in [0.3, 0.4) is 0 Å². The highest BCUT2D eigenvalue weighted by atomic mass is 35.5. The molecule has 16 heavy (non-hydrogen) atoms. The van der Waals surface area contributed by atoms with Crippen LogP contribution in [-0.2, 0) is 0 Å². The number of carbonyl (C=O) groups excluding carboxylic acids is 1. The molecule has 0 saturated carbocycles. The molecule has 0 N–H and O–H groups in total. The number of hydrogen-bond acceptors (Lipinski definition) is 2. The summed E-state index contributed by atoms with van der Waals surface area (Å²) < 4.78 is 13.0. The molecule has 0 atom stereocenters. The maximum absolute atomic E-state index is 13.0. The zero-order chi connectivity index (χ0) is 11.5. The van der Waals surface area contributed by atoms with Crippen LogP contribution in [0.4, 0.5) is 4.39 Å². The van der Waals surface area contributed by atoms with Crippen molar-refractivity contribution in [2.24, 2.45) is 0 Å². The van der Waals surface area contributed by atoms with Gasteiger partial charge < -0.3 is 0 Å². The van der Waals surface area contributed by atoms with Crippen molar-refractivity contribution in [3.8, 4) is 11.1 Å². The van der Waals surface area contributed by atoms with Crippen molar-refractivity contribution in [3.63, 3.8) is 0 Å². The zero-order valence-electron chi connectivity index (χ0n) is 8.15. The van der Waals surface area contributed by atoms with Crippen LogP contribution in [0.15, 0.2) is 36.5 Å². The lowest BCUT2D eigenvalue weighted by atomic mass is 10.1. The van der Waals surface area contributed by atoms with Crippen LogP contribution in [-0.4, -0.2) is 11.3 Å². The second-order valence-corrected chi connectivity index (χ2v) is 3.59. The van der Waals surface area contributed by atoms with E-state index in [0.29, 0.717) is 23.0 Å². The fraction of sp³-hybridized carbons (Fsp3) is 0. The fourth-order valence-corrected chi connectivity index (χ4v) is 1.60. The second kappa shape index (κ2) is 4.41. The SMILES string of the molecule is O=Cc1cnc(Cl)c(-c2cccc(F)c2)c1. The van der Waals surface area contributed by atoms with Gasteiger partial charge in [0.05, 0.1) is 0 Å². The predicted octanol–water partition coefficient (Wildman–Crippen LogP) is 3.35. The topological polar surface area (TPSA) is 30.0 Å². The normalized spacial score (nSPS) is 10.1. The van der Waals surface area contributed by atoms with Gasteiger partial charge in [0.15, 0.2) is 6.29 Å². The Morgan fingerprint density at radius 2 is 2.12 bits per heavy atom. The Balaban J connectivity index is 2.58. The van der Waals surface area contributed by atoms with Crippen LogP contribution >= 0.6 is 11.6 Å². The maximum atomic E-state index is 13.0. The van der Waals surface area contributed by atoms with Gasteiger partial charge in [0.25, 0.3) is 0 Å². The highest BCUT2D eigenvalue weighted by molar-refractivity contribution is 6.32. The Hall–Kier alpha value is -1.74. The summed E-state index contributed by atoms with van der Waals surface area (Å²) in [6.07, 6.45) is 2.05. The minimum absolute atomic E-state index is 0.246. The molecule has 1 aromatic carbocycles. The van der Waals surface area contributed by atoms with Crippen molar-refractivity contribution in [1.82, 2.24) is 4.98 Å². The molecule has 0 spiro atoms. The van der Waals surface area contributed by atoms with Crippen molar-refractivity contribution >= 4 is 17.9 Å². The summed E-state index contributed by atoms with van der Waals surface area (Å²) >= 11 is 5.89. The molecular formula is C12H7ClFNO. The molecule has 0 bridgehead atoms. The van der Waals surface area contributed by atoms with E-state index in [9.17, 15) is 9.18 Å². The van der Waals surface area contributed by atoms with Crippen LogP contribution in [0.25, 0.3) is 11.1 Å². The van der Waals surface area contributed by atoms with Gasteiger partial charge in [-0.3, -0.25) is 4.79 Å². The molecule has 1 heterocycles. The van der Waals surface area contributed by atoms with Gasteiger partial charge in [0.2, 0.25) is 0 Å². The lowest BCUT2D eigenvalue weighted by Gasteiger charge is -2.04. The predicted molar refractivity (Wildman–Crippen MR) is 60.0 cm³/mol. The number of pyridine rings is 1. The number of aromatic nitrogens is 1. The van der Waals surface area contributed by atoms with E-state index in [0.717, 1.165) is 0 Å². The Morgan fingerprint density at radius 3 is 2.81 bits per heavy atom. The minimum atomic E-state index is -0.356. The van der Waals surface area contributed by atoms with Crippen molar-refractivity contribution < 1.29 is 9.18 Å². The molecule has 0 fully saturated rings. The van der Waals surface area contributed by atoms with E-state index in [1.165, 1.54) is 18.3 Å². The fourth-order valence-electron chi connectivity index (χ4n) is 1.39. The molecule has 4 heteroatoms. The van der Waals surface area contributed by atoms with Crippen LogP contribution in [0.5, 0.6) is 0 Å². The number of carbonyl (C=O) groups is 1. The van der Waals surface area contributed by atoms with Gasteiger partial charge in [-0.15, -0.1) is 0 Å². The van der Waals surface area contributed by atoms with Gasteiger partial charge in [0, 0.05) is 17.3 Å². The first-order valence-corrected chi connectivity index (χ1v) is 4.95. The number of rotatable bonds is 2. The average molecular weight is 236 g/mol. The molecule has 1 aromatic heterocycles. The van der Waals surface area contributed by atoms with E-state index in [-0.39, 0.29) is 11.0 Å². The smallest absolute Gasteiger partial charge is 0.151 e.